The van der Waals surface area contributed by atoms with E-state index in [1.54, 1.807) is 0 Å². The number of nitrogens with zero attached hydrogens (tertiary/aromatic N) is 3. The molecule has 0 amide bonds. The van der Waals surface area contributed by atoms with E-state index in [1.807, 2.05) is 6.33 Å². The molecule has 1 aliphatic heterocycles. The highest BCUT2D eigenvalue weighted by atomic mass is 16.5. The topological polar surface area (TPSA) is 52.0 Å². The van der Waals surface area contributed by atoms with Gasteiger partial charge in [0.15, 0.2) is 0 Å². The van der Waals surface area contributed by atoms with Crippen molar-refractivity contribution in [3.8, 4) is 5.75 Å². The van der Waals surface area contributed by atoms with Crippen LogP contribution in [0.2, 0.25) is 0 Å². The predicted octanol–water partition coefficient (Wildman–Crippen LogP) is 2.42. The summed E-state index contributed by atoms with van der Waals surface area (Å²) in [6.07, 6.45) is 6.72. The molecule has 0 radical (unpaired) electrons. The van der Waals surface area contributed by atoms with Gasteiger partial charge in [-0.1, -0.05) is 18.2 Å². The van der Waals surface area contributed by atoms with Crippen LogP contribution in [0.15, 0.2) is 30.6 Å². The number of nitrogens with one attached hydrogen (secondary N) is 1. The fraction of sp³-hybridized carbons (Fsp3) is 0.556. The summed E-state index contributed by atoms with van der Waals surface area (Å²) in [5, 5.41) is 11.7. The number of hydrogen-bond donors (Lipinski definition) is 1. The van der Waals surface area contributed by atoms with Crippen LogP contribution in [0.1, 0.15) is 30.7 Å². The van der Waals surface area contributed by atoms with Crippen LogP contribution in [0.3, 0.4) is 0 Å². The molecule has 122 valence electrons. The molecule has 1 aliphatic carbocycles. The zero-order valence-corrected chi connectivity index (χ0v) is 13.4. The van der Waals surface area contributed by atoms with Crippen LogP contribution in [0.25, 0.3) is 0 Å². The van der Waals surface area contributed by atoms with Gasteiger partial charge in [0.25, 0.3) is 0 Å². The van der Waals surface area contributed by atoms with Gasteiger partial charge in [-0.2, -0.15) is 0 Å². The molecule has 0 bridgehead atoms. The number of hydrogen-bond acceptors (Lipinski definition) is 4. The second kappa shape index (κ2) is 6.71. The van der Waals surface area contributed by atoms with E-state index < -0.39 is 0 Å². The molecule has 5 heteroatoms. The molecule has 5 nitrogen and oxygen atoms in total. The van der Waals surface area contributed by atoms with Crippen molar-refractivity contribution in [3.05, 3.63) is 42.0 Å². The van der Waals surface area contributed by atoms with Crippen molar-refractivity contribution in [2.24, 2.45) is 11.8 Å². The van der Waals surface area contributed by atoms with Gasteiger partial charge in [-0.15, -0.1) is 10.2 Å². The molecule has 1 aromatic heterocycles. The van der Waals surface area contributed by atoms with E-state index in [4.69, 9.17) is 4.74 Å². The maximum absolute atomic E-state index is 5.98. The molecule has 2 aliphatic rings. The number of rotatable bonds is 7. The first-order valence-electron chi connectivity index (χ1n) is 8.66. The zero-order valence-electron chi connectivity index (χ0n) is 13.4. The highest BCUT2D eigenvalue weighted by Gasteiger charge is 2.22. The van der Waals surface area contributed by atoms with Crippen LogP contribution in [-0.2, 0) is 19.5 Å². The van der Waals surface area contributed by atoms with Crippen molar-refractivity contribution in [2.45, 2.75) is 38.8 Å². The summed E-state index contributed by atoms with van der Waals surface area (Å²) in [6, 6.07) is 8.39. The summed E-state index contributed by atoms with van der Waals surface area (Å²) in [4.78, 5) is 0. The normalized spacial score (nSPS) is 20.3. The second-order valence-corrected chi connectivity index (χ2v) is 6.80. The lowest BCUT2D eigenvalue weighted by Crippen LogP contribution is -2.29. The Hall–Kier alpha value is -1.88. The van der Waals surface area contributed by atoms with Crippen molar-refractivity contribution >= 4 is 0 Å². The summed E-state index contributed by atoms with van der Waals surface area (Å²) in [5.74, 6) is 3.60. The number of ether oxygens (including phenoxy) is 1. The number of para-hydroxylation sites is 1. The monoisotopic (exact) mass is 312 g/mol. The Labute approximate surface area is 137 Å². The molecule has 1 N–H and O–H groups in total. The lowest BCUT2D eigenvalue weighted by molar-refractivity contribution is 0.295. The SMILES string of the molecule is c1ccc(OCC2CC2)c(CNC[C@H]2CCc3nncn3C2)c1. The van der Waals surface area contributed by atoms with E-state index in [0.29, 0.717) is 5.92 Å². The Balaban J connectivity index is 1.28. The summed E-state index contributed by atoms with van der Waals surface area (Å²) in [5.41, 5.74) is 1.26. The minimum absolute atomic E-state index is 0.651. The second-order valence-electron chi connectivity index (χ2n) is 6.80. The fourth-order valence-electron chi connectivity index (χ4n) is 3.19. The molecular formula is C18H24N4O. The molecule has 1 fully saturated rings. The maximum atomic E-state index is 5.98. The first kappa shape index (κ1) is 14.7. The van der Waals surface area contributed by atoms with E-state index in [-0.39, 0.29) is 0 Å². The first-order chi connectivity index (χ1) is 11.4. The average molecular weight is 312 g/mol. The van der Waals surface area contributed by atoms with Gasteiger partial charge in [0, 0.05) is 25.1 Å². The molecular weight excluding hydrogens is 288 g/mol. The summed E-state index contributed by atoms with van der Waals surface area (Å²) in [6.45, 7) is 3.78. The molecule has 0 saturated heterocycles. The average Bonchev–Trinajstić information content (AvgIpc) is 3.29. The maximum Gasteiger partial charge on any atom is 0.132 e. The van der Waals surface area contributed by atoms with Gasteiger partial charge in [0.05, 0.1) is 6.61 Å². The van der Waals surface area contributed by atoms with Crippen LogP contribution in [-0.4, -0.2) is 27.9 Å². The van der Waals surface area contributed by atoms with Gasteiger partial charge in [0.2, 0.25) is 0 Å². The Kier molecular flexibility index (Phi) is 4.28. The number of fused-ring (bicyclic) bond motifs is 1. The molecule has 0 unspecified atom stereocenters. The van der Waals surface area contributed by atoms with E-state index in [2.05, 4.69) is 44.3 Å². The third-order valence-electron chi connectivity index (χ3n) is 4.82. The standard InChI is InChI=1S/C18H24N4O/c1-2-4-17(23-12-14-5-6-14)16(3-1)10-19-9-15-7-8-18-21-20-13-22(18)11-15/h1-4,13-15,19H,5-12H2/t15-/m1/s1. The van der Waals surface area contributed by atoms with Gasteiger partial charge in [0.1, 0.15) is 17.9 Å². The predicted molar refractivity (Wildman–Crippen MR) is 88.2 cm³/mol. The van der Waals surface area contributed by atoms with Gasteiger partial charge in [-0.25, -0.2) is 0 Å². The van der Waals surface area contributed by atoms with Gasteiger partial charge >= 0.3 is 0 Å². The van der Waals surface area contributed by atoms with E-state index in [0.717, 1.165) is 50.2 Å². The lowest BCUT2D eigenvalue weighted by atomic mass is 9.99. The number of aromatic nitrogens is 3. The minimum Gasteiger partial charge on any atom is -0.493 e. The van der Waals surface area contributed by atoms with Crippen molar-refractivity contribution in [1.82, 2.24) is 20.1 Å². The van der Waals surface area contributed by atoms with Crippen LogP contribution in [0, 0.1) is 11.8 Å². The van der Waals surface area contributed by atoms with Gasteiger partial charge in [-0.3, -0.25) is 0 Å². The molecule has 4 rings (SSSR count). The van der Waals surface area contributed by atoms with E-state index in [1.165, 1.54) is 24.8 Å². The number of aryl methyl sites for hydroxylation is 1. The smallest absolute Gasteiger partial charge is 0.132 e. The number of benzene rings is 1. The Morgan fingerprint density at radius 1 is 1.17 bits per heavy atom. The van der Waals surface area contributed by atoms with E-state index >= 15 is 0 Å². The quantitative estimate of drug-likeness (QED) is 0.853. The lowest BCUT2D eigenvalue weighted by Gasteiger charge is -2.23. The largest absolute Gasteiger partial charge is 0.493 e. The van der Waals surface area contributed by atoms with Crippen LogP contribution < -0.4 is 10.1 Å². The van der Waals surface area contributed by atoms with Crippen LogP contribution >= 0.6 is 0 Å². The summed E-state index contributed by atoms with van der Waals surface area (Å²) in [7, 11) is 0. The Morgan fingerprint density at radius 3 is 3.00 bits per heavy atom. The molecule has 2 heterocycles. The van der Waals surface area contributed by atoms with Crippen molar-refractivity contribution in [2.75, 3.05) is 13.2 Å². The molecule has 0 spiro atoms. The molecule has 23 heavy (non-hydrogen) atoms. The van der Waals surface area contributed by atoms with Crippen molar-refractivity contribution in [1.29, 1.82) is 0 Å². The van der Waals surface area contributed by atoms with Gasteiger partial charge in [-0.05, 0) is 43.7 Å². The van der Waals surface area contributed by atoms with E-state index in [9.17, 15) is 0 Å². The summed E-state index contributed by atoms with van der Waals surface area (Å²) < 4.78 is 8.16. The molecule has 1 atom stereocenters. The van der Waals surface area contributed by atoms with Crippen LogP contribution in [0.5, 0.6) is 5.75 Å². The molecule has 1 aromatic carbocycles. The summed E-state index contributed by atoms with van der Waals surface area (Å²) >= 11 is 0. The molecule has 1 saturated carbocycles. The van der Waals surface area contributed by atoms with Crippen molar-refractivity contribution in [3.63, 3.8) is 0 Å². The highest BCUT2D eigenvalue weighted by Crippen LogP contribution is 2.30. The van der Waals surface area contributed by atoms with Gasteiger partial charge < -0.3 is 14.6 Å². The zero-order chi connectivity index (χ0) is 15.5. The third kappa shape index (κ3) is 3.72. The van der Waals surface area contributed by atoms with Crippen molar-refractivity contribution < 1.29 is 4.74 Å². The highest BCUT2D eigenvalue weighted by molar-refractivity contribution is 5.33. The van der Waals surface area contributed by atoms with Crippen LogP contribution in [0.4, 0.5) is 0 Å². The minimum atomic E-state index is 0.651. The third-order valence-corrected chi connectivity index (χ3v) is 4.82. The Bertz CT molecular complexity index is 650. The molecule has 2 aromatic rings. The fourth-order valence-corrected chi connectivity index (χ4v) is 3.19. The Morgan fingerprint density at radius 2 is 2.09 bits per heavy atom. The first-order valence-corrected chi connectivity index (χ1v) is 8.66.